The molecule has 0 aromatic rings. The van der Waals surface area contributed by atoms with E-state index in [2.05, 4.69) is 35.5 Å². The van der Waals surface area contributed by atoms with E-state index in [-0.39, 0.29) is 13.5 Å². The summed E-state index contributed by atoms with van der Waals surface area (Å²) in [5.74, 6) is 0.326. The molecular formula is C50H102N4O3. The first-order valence-corrected chi connectivity index (χ1v) is 24.9. The lowest BCUT2D eigenvalue weighted by molar-refractivity contribution is -0.132. The van der Waals surface area contributed by atoms with Crippen molar-refractivity contribution in [2.75, 3.05) is 65.4 Å². The van der Waals surface area contributed by atoms with Crippen molar-refractivity contribution in [1.82, 2.24) is 19.6 Å². The maximum Gasteiger partial charge on any atom is 0.410 e. The number of piperazine rings is 1. The molecule has 1 rings (SSSR count). The third kappa shape index (κ3) is 34.1. The first-order valence-electron chi connectivity index (χ1n) is 24.9. The van der Waals surface area contributed by atoms with Gasteiger partial charge in [0.05, 0.1) is 6.54 Å². The highest BCUT2D eigenvalue weighted by atomic mass is 16.6. The second-order valence-electron chi connectivity index (χ2n) is 18.5. The molecule has 0 bridgehead atoms. The van der Waals surface area contributed by atoms with Crippen LogP contribution in [0.25, 0.3) is 0 Å². The summed E-state index contributed by atoms with van der Waals surface area (Å²) in [7, 11) is 0. The number of carbonyl (C=O) groups excluding carboxylic acids is 2. The van der Waals surface area contributed by atoms with E-state index in [9.17, 15) is 9.59 Å². The summed E-state index contributed by atoms with van der Waals surface area (Å²) in [6.07, 6.45) is 39.9. The predicted molar refractivity (Wildman–Crippen MR) is 250 cm³/mol. The van der Waals surface area contributed by atoms with Gasteiger partial charge in [-0.2, -0.15) is 0 Å². The molecule has 1 fully saturated rings. The van der Waals surface area contributed by atoms with Gasteiger partial charge in [-0.15, -0.1) is 0 Å². The van der Waals surface area contributed by atoms with E-state index in [1.807, 2.05) is 25.7 Å². The number of ether oxygens (including phenoxy) is 1. The van der Waals surface area contributed by atoms with Crippen molar-refractivity contribution in [1.29, 1.82) is 0 Å². The van der Waals surface area contributed by atoms with E-state index in [1.165, 1.54) is 186 Å². The van der Waals surface area contributed by atoms with E-state index in [4.69, 9.17) is 4.74 Å². The molecule has 0 aromatic carbocycles. The number of hydrogen-bond acceptors (Lipinski definition) is 5. The summed E-state index contributed by atoms with van der Waals surface area (Å²) in [5.41, 5.74) is -0.474. The second kappa shape index (κ2) is 38.8. The van der Waals surface area contributed by atoms with Crippen molar-refractivity contribution >= 4 is 12.0 Å². The molecule has 0 saturated carbocycles. The van der Waals surface area contributed by atoms with Crippen molar-refractivity contribution in [3.63, 3.8) is 0 Å². The molecule has 2 amide bonds. The Morgan fingerprint density at radius 1 is 0.474 bits per heavy atom. The molecule has 340 valence electrons. The number of hydrogen-bond donors (Lipinski definition) is 0. The van der Waals surface area contributed by atoms with Crippen molar-refractivity contribution in [2.45, 2.75) is 247 Å². The molecule has 1 saturated heterocycles. The van der Waals surface area contributed by atoms with Gasteiger partial charge in [-0.1, -0.05) is 202 Å². The predicted octanol–water partition coefficient (Wildman–Crippen LogP) is 14.1. The van der Waals surface area contributed by atoms with Gasteiger partial charge in [-0.25, -0.2) is 4.79 Å². The lowest BCUT2D eigenvalue weighted by atomic mass is 10.1. The summed E-state index contributed by atoms with van der Waals surface area (Å²) in [4.78, 5) is 35.8. The topological polar surface area (TPSA) is 56.3 Å². The van der Waals surface area contributed by atoms with Crippen LogP contribution in [0.5, 0.6) is 0 Å². The van der Waals surface area contributed by atoms with E-state index in [0.29, 0.717) is 25.5 Å². The molecule has 0 aliphatic carbocycles. The third-order valence-electron chi connectivity index (χ3n) is 11.9. The maximum atomic E-state index is 14.2. The summed E-state index contributed by atoms with van der Waals surface area (Å²) in [6.45, 7) is 20.9. The minimum absolute atomic E-state index is 0. The Bertz CT molecular complexity index is 861. The van der Waals surface area contributed by atoms with Crippen LogP contribution in [0.4, 0.5) is 4.79 Å². The van der Waals surface area contributed by atoms with E-state index >= 15 is 0 Å². The summed E-state index contributed by atoms with van der Waals surface area (Å²) >= 11 is 0. The average molecular weight is 807 g/mol. The lowest BCUT2D eigenvalue weighted by Gasteiger charge is -2.36. The molecule has 1 heterocycles. The normalized spacial score (nSPS) is 13.6. The zero-order valence-corrected chi connectivity index (χ0v) is 38.8. The van der Waals surface area contributed by atoms with Gasteiger partial charge in [-0.05, 0) is 53.1 Å². The molecule has 7 heteroatoms. The SMILES string of the molecule is C.CCCCCCCCCCCCN(CCCCCCCCCCCC)CC(=O)N(CCCCCCCCCCCC)CCN1CCN(C(=O)OC(C)(C)C)CC1. The first kappa shape index (κ1) is 55.7. The van der Waals surface area contributed by atoms with E-state index < -0.39 is 5.60 Å². The molecule has 1 aliphatic rings. The van der Waals surface area contributed by atoms with Crippen molar-refractivity contribution in [3.05, 3.63) is 0 Å². The Morgan fingerprint density at radius 2 is 0.807 bits per heavy atom. The van der Waals surface area contributed by atoms with Crippen LogP contribution in [-0.4, -0.2) is 103 Å². The van der Waals surface area contributed by atoms with Crippen LogP contribution in [0, 0.1) is 0 Å². The minimum atomic E-state index is -0.474. The van der Waals surface area contributed by atoms with Gasteiger partial charge in [0.15, 0.2) is 0 Å². The van der Waals surface area contributed by atoms with Crippen LogP contribution in [0.2, 0.25) is 0 Å². The van der Waals surface area contributed by atoms with E-state index in [0.717, 1.165) is 52.2 Å². The molecule has 0 unspecified atom stereocenters. The Kier molecular flexibility index (Phi) is 37.9. The molecule has 57 heavy (non-hydrogen) atoms. The summed E-state index contributed by atoms with van der Waals surface area (Å²) in [6, 6.07) is 0. The van der Waals surface area contributed by atoms with Crippen molar-refractivity contribution < 1.29 is 14.3 Å². The number of amides is 2. The standard InChI is InChI=1S/C49H98N4O3.CH4/c1-7-10-13-16-19-22-25-28-31-34-37-51(38-35-32-29-26-23-20-17-14-11-8-2)46-47(54)52(39-36-33-30-27-24-21-18-15-12-9-3)43-40-50-41-44-53(45-42-50)48(55)56-49(4,5)6;/h7-46H2,1-6H3;1H4. The van der Waals surface area contributed by atoms with Gasteiger partial charge in [-0.3, -0.25) is 14.6 Å². The first-order chi connectivity index (χ1) is 27.2. The van der Waals surface area contributed by atoms with E-state index in [1.54, 1.807) is 0 Å². The van der Waals surface area contributed by atoms with Gasteiger partial charge in [0.25, 0.3) is 0 Å². The van der Waals surface area contributed by atoms with Crippen LogP contribution in [0.1, 0.15) is 242 Å². The Balaban J connectivity index is 0.0000314. The maximum absolute atomic E-state index is 14.2. The Labute approximate surface area is 357 Å². The number of rotatable bonds is 38. The third-order valence-corrected chi connectivity index (χ3v) is 11.9. The monoisotopic (exact) mass is 807 g/mol. The molecule has 0 N–H and O–H groups in total. The van der Waals surface area contributed by atoms with Gasteiger partial charge in [0.2, 0.25) is 5.91 Å². The summed E-state index contributed by atoms with van der Waals surface area (Å²) < 4.78 is 5.63. The van der Waals surface area contributed by atoms with Crippen LogP contribution in [0.3, 0.4) is 0 Å². The Hall–Kier alpha value is -1.34. The van der Waals surface area contributed by atoms with Gasteiger partial charge < -0.3 is 14.5 Å². The molecule has 0 radical (unpaired) electrons. The lowest BCUT2D eigenvalue weighted by Crippen LogP contribution is -2.52. The fraction of sp³-hybridized carbons (Fsp3) is 0.960. The zero-order chi connectivity index (χ0) is 41.0. The number of carbonyl (C=O) groups is 2. The average Bonchev–Trinajstić information content (AvgIpc) is 3.17. The quantitative estimate of drug-likeness (QED) is 0.0582. The number of unbranched alkanes of at least 4 members (excludes halogenated alkanes) is 27. The van der Waals surface area contributed by atoms with Gasteiger partial charge in [0.1, 0.15) is 5.60 Å². The fourth-order valence-corrected chi connectivity index (χ4v) is 8.10. The minimum Gasteiger partial charge on any atom is -0.444 e. The van der Waals surface area contributed by atoms with Crippen LogP contribution in [-0.2, 0) is 9.53 Å². The highest BCUT2D eigenvalue weighted by Gasteiger charge is 2.26. The molecular weight excluding hydrogens is 705 g/mol. The van der Waals surface area contributed by atoms with Crippen LogP contribution >= 0.6 is 0 Å². The largest absolute Gasteiger partial charge is 0.444 e. The van der Waals surface area contributed by atoms with Gasteiger partial charge >= 0.3 is 6.09 Å². The molecule has 0 aromatic heterocycles. The van der Waals surface area contributed by atoms with Crippen molar-refractivity contribution in [2.24, 2.45) is 0 Å². The van der Waals surface area contributed by atoms with Gasteiger partial charge in [0, 0.05) is 45.8 Å². The molecule has 0 spiro atoms. The van der Waals surface area contributed by atoms with Crippen molar-refractivity contribution in [3.8, 4) is 0 Å². The zero-order valence-electron chi connectivity index (χ0n) is 38.8. The highest BCUT2D eigenvalue weighted by Crippen LogP contribution is 2.16. The Morgan fingerprint density at radius 3 is 1.16 bits per heavy atom. The molecule has 7 nitrogen and oxygen atoms in total. The smallest absolute Gasteiger partial charge is 0.410 e. The number of nitrogens with zero attached hydrogens (tertiary/aromatic N) is 4. The van der Waals surface area contributed by atoms with Crippen LogP contribution < -0.4 is 0 Å². The molecule has 1 aliphatic heterocycles. The fourth-order valence-electron chi connectivity index (χ4n) is 8.10. The molecule has 0 atom stereocenters. The highest BCUT2D eigenvalue weighted by molar-refractivity contribution is 5.78. The van der Waals surface area contributed by atoms with Crippen LogP contribution in [0.15, 0.2) is 0 Å². The second-order valence-corrected chi connectivity index (χ2v) is 18.5. The summed E-state index contributed by atoms with van der Waals surface area (Å²) in [5, 5.41) is 0.